The molecule has 0 unspecified atom stereocenters. The van der Waals surface area contributed by atoms with Crippen LogP contribution >= 0.6 is 0 Å². The summed E-state index contributed by atoms with van der Waals surface area (Å²) >= 11 is 0. The fourth-order valence-electron chi connectivity index (χ4n) is 4.42. The van der Waals surface area contributed by atoms with Crippen molar-refractivity contribution in [1.82, 2.24) is 9.78 Å². The average Bonchev–Trinajstić information content (AvgIpc) is 3.24. The van der Waals surface area contributed by atoms with Crippen molar-refractivity contribution >= 4 is 21.6 Å². The van der Waals surface area contributed by atoms with Gasteiger partial charge in [-0.05, 0) is 67.3 Å². The Morgan fingerprint density at radius 3 is 2.40 bits per heavy atom. The molecule has 9 heteroatoms. The van der Waals surface area contributed by atoms with E-state index >= 15 is 0 Å². The number of nitrogens with zero attached hydrogens (tertiary/aromatic N) is 2. The maximum absolute atomic E-state index is 12.2. The van der Waals surface area contributed by atoms with E-state index in [1.807, 2.05) is 0 Å². The van der Waals surface area contributed by atoms with Crippen molar-refractivity contribution in [3.8, 4) is 16.9 Å². The van der Waals surface area contributed by atoms with E-state index in [4.69, 9.17) is 10.9 Å². The molecule has 0 radical (unpaired) electrons. The van der Waals surface area contributed by atoms with E-state index < -0.39 is 15.9 Å². The summed E-state index contributed by atoms with van der Waals surface area (Å²) < 4.78 is 25.0. The van der Waals surface area contributed by atoms with Crippen LogP contribution in [0.5, 0.6) is 0 Å². The van der Waals surface area contributed by atoms with Crippen LogP contribution in [0.15, 0.2) is 71.6 Å². The van der Waals surface area contributed by atoms with Crippen LogP contribution in [0, 0.1) is 6.92 Å². The number of hydrogen-bond donors (Lipinski definition) is 3. The maximum Gasteiger partial charge on any atom is 0.269 e. The predicted octanol–water partition coefficient (Wildman–Crippen LogP) is 3.30. The first-order valence-electron chi connectivity index (χ1n) is 11.2. The van der Waals surface area contributed by atoms with Gasteiger partial charge in [0.05, 0.1) is 16.3 Å². The van der Waals surface area contributed by atoms with Gasteiger partial charge in [0.15, 0.2) is 5.69 Å². The maximum atomic E-state index is 12.2. The smallest absolute Gasteiger partial charge is 0.269 e. The minimum Gasteiger partial charge on any atom is -0.381 e. The number of rotatable bonds is 6. The Balaban J connectivity index is 1.56. The van der Waals surface area contributed by atoms with Crippen molar-refractivity contribution < 1.29 is 13.2 Å². The van der Waals surface area contributed by atoms with E-state index in [9.17, 15) is 13.2 Å². The van der Waals surface area contributed by atoms with Gasteiger partial charge in [0, 0.05) is 23.4 Å². The summed E-state index contributed by atoms with van der Waals surface area (Å²) in [6.45, 7) is 2.73. The van der Waals surface area contributed by atoms with Crippen molar-refractivity contribution in [2.45, 2.75) is 31.2 Å². The molecule has 5 N–H and O–H groups in total. The van der Waals surface area contributed by atoms with Crippen LogP contribution in [-0.4, -0.2) is 24.1 Å². The number of fused-ring (bicyclic) bond motifs is 3. The van der Waals surface area contributed by atoms with E-state index in [0.29, 0.717) is 18.7 Å². The van der Waals surface area contributed by atoms with Gasteiger partial charge in [0.2, 0.25) is 10.0 Å². The molecule has 4 aromatic rings. The lowest BCUT2D eigenvalue weighted by Gasteiger charge is -2.20. The van der Waals surface area contributed by atoms with Gasteiger partial charge in [-0.15, -0.1) is 0 Å². The lowest BCUT2D eigenvalue weighted by atomic mass is 9.88. The highest BCUT2D eigenvalue weighted by Crippen LogP contribution is 2.38. The van der Waals surface area contributed by atoms with E-state index in [-0.39, 0.29) is 10.6 Å². The van der Waals surface area contributed by atoms with Gasteiger partial charge in [-0.3, -0.25) is 4.79 Å². The van der Waals surface area contributed by atoms with Crippen LogP contribution in [0.25, 0.3) is 16.9 Å². The standard InChI is InChI=1S/C26H25N5O3S/c1-16-2-4-17(5-3-16)15-29-19-8-6-18-7-13-22-24(26(27)32)30-31(25(22)23(18)14-19)20-9-11-21(12-10-20)35(28,33)34/h2-6,8-12,14,29H,7,13,15H2,1H3,(H2,27,32)(H2,28,33,34). The van der Waals surface area contributed by atoms with Crippen LogP contribution in [0.3, 0.4) is 0 Å². The molecule has 1 amide bonds. The van der Waals surface area contributed by atoms with Crippen molar-refractivity contribution in [1.29, 1.82) is 0 Å². The molecule has 5 rings (SSSR count). The van der Waals surface area contributed by atoms with Crippen LogP contribution in [0.4, 0.5) is 5.69 Å². The molecule has 0 saturated heterocycles. The van der Waals surface area contributed by atoms with Gasteiger partial charge in [0.25, 0.3) is 5.91 Å². The minimum atomic E-state index is -3.83. The Bertz CT molecular complexity index is 1540. The minimum absolute atomic E-state index is 0.000362. The fourth-order valence-corrected chi connectivity index (χ4v) is 4.94. The summed E-state index contributed by atoms with van der Waals surface area (Å²) in [5.41, 5.74) is 13.5. The third-order valence-corrected chi connectivity index (χ3v) is 7.18. The number of hydrogen-bond acceptors (Lipinski definition) is 5. The van der Waals surface area contributed by atoms with Gasteiger partial charge < -0.3 is 11.1 Å². The van der Waals surface area contributed by atoms with Crippen molar-refractivity contribution in [3.63, 3.8) is 0 Å². The summed E-state index contributed by atoms with van der Waals surface area (Å²) in [6, 6.07) is 20.6. The third kappa shape index (κ3) is 4.43. The molecule has 8 nitrogen and oxygen atoms in total. The Morgan fingerprint density at radius 2 is 1.74 bits per heavy atom. The molecule has 0 saturated carbocycles. The molecule has 1 aliphatic carbocycles. The van der Waals surface area contributed by atoms with E-state index in [0.717, 1.165) is 34.5 Å². The molecule has 35 heavy (non-hydrogen) atoms. The number of sulfonamides is 1. The van der Waals surface area contributed by atoms with Gasteiger partial charge >= 0.3 is 0 Å². The molecule has 178 valence electrons. The largest absolute Gasteiger partial charge is 0.381 e. The second-order valence-corrected chi connectivity index (χ2v) is 10.3. The number of aromatic nitrogens is 2. The first kappa shape index (κ1) is 22.8. The second-order valence-electron chi connectivity index (χ2n) is 8.70. The molecule has 1 heterocycles. The number of benzene rings is 3. The molecule has 0 spiro atoms. The number of anilines is 1. The van der Waals surface area contributed by atoms with Crippen LogP contribution < -0.4 is 16.2 Å². The summed E-state index contributed by atoms with van der Waals surface area (Å²) in [4.78, 5) is 12.2. The highest BCUT2D eigenvalue weighted by atomic mass is 32.2. The number of nitrogens with two attached hydrogens (primary N) is 2. The first-order chi connectivity index (χ1) is 16.7. The van der Waals surface area contributed by atoms with Gasteiger partial charge in [-0.2, -0.15) is 5.10 Å². The second kappa shape index (κ2) is 8.68. The van der Waals surface area contributed by atoms with Crippen molar-refractivity contribution in [2.24, 2.45) is 10.9 Å². The molecule has 1 aromatic heterocycles. The molecule has 0 bridgehead atoms. The zero-order chi connectivity index (χ0) is 24.7. The van der Waals surface area contributed by atoms with E-state index in [2.05, 4.69) is 59.8 Å². The topological polar surface area (TPSA) is 133 Å². The Kier molecular flexibility index (Phi) is 5.66. The third-order valence-electron chi connectivity index (χ3n) is 6.25. The number of amides is 1. The zero-order valence-corrected chi connectivity index (χ0v) is 20.0. The average molecular weight is 488 g/mol. The van der Waals surface area contributed by atoms with E-state index in [1.54, 1.807) is 16.8 Å². The molecule has 0 fully saturated rings. The van der Waals surface area contributed by atoms with E-state index in [1.165, 1.54) is 23.3 Å². The molecule has 0 atom stereocenters. The van der Waals surface area contributed by atoms with Gasteiger partial charge in [-0.25, -0.2) is 18.2 Å². The highest BCUT2D eigenvalue weighted by molar-refractivity contribution is 7.89. The number of aryl methyl sites for hydroxylation is 2. The highest BCUT2D eigenvalue weighted by Gasteiger charge is 2.28. The quantitative estimate of drug-likeness (QED) is 0.384. The summed E-state index contributed by atoms with van der Waals surface area (Å²) in [7, 11) is -3.83. The normalized spacial score (nSPS) is 12.6. The number of nitrogens with one attached hydrogen (secondary N) is 1. The summed E-state index contributed by atoms with van der Waals surface area (Å²) in [6.07, 6.45) is 1.39. The molecular formula is C26H25N5O3S. The fraction of sp³-hybridized carbons (Fsp3) is 0.154. The first-order valence-corrected chi connectivity index (χ1v) is 12.7. The van der Waals surface area contributed by atoms with Crippen LogP contribution in [0.2, 0.25) is 0 Å². The van der Waals surface area contributed by atoms with Crippen LogP contribution in [-0.2, 0) is 29.4 Å². The number of primary sulfonamides is 1. The SMILES string of the molecule is Cc1ccc(CNc2ccc3c(c2)-c2c(c(C(N)=O)nn2-c2ccc(S(N)(=O)=O)cc2)CC3)cc1. The summed E-state index contributed by atoms with van der Waals surface area (Å²) in [5.74, 6) is -0.599. The van der Waals surface area contributed by atoms with Gasteiger partial charge in [-0.1, -0.05) is 35.9 Å². The lowest BCUT2D eigenvalue weighted by molar-refractivity contribution is 0.0994. The molecule has 0 aliphatic heterocycles. The molecule has 3 aromatic carbocycles. The number of carbonyl (C=O) groups is 1. The van der Waals surface area contributed by atoms with Crippen molar-refractivity contribution in [3.05, 3.63) is 94.7 Å². The summed E-state index contributed by atoms with van der Waals surface area (Å²) in [5, 5.41) is 13.2. The Morgan fingerprint density at radius 1 is 1.03 bits per heavy atom. The monoisotopic (exact) mass is 487 g/mol. The molecule has 1 aliphatic rings. The van der Waals surface area contributed by atoms with Crippen molar-refractivity contribution in [2.75, 3.05) is 5.32 Å². The Hall–Kier alpha value is -3.95. The van der Waals surface area contributed by atoms with Crippen LogP contribution in [0.1, 0.15) is 32.7 Å². The predicted molar refractivity (Wildman–Crippen MR) is 135 cm³/mol. The van der Waals surface area contributed by atoms with Gasteiger partial charge in [0.1, 0.15) is 0 Å². The lowest BCUT2D eigenvalue weighted by Crippen LogP contribution is -2.15. The number of carbonyl (C=O) groups excluding carboxylic acids is 1. The number of primary amides is 1. The zero-order valence-electron chi connectivity index (χ0n) is 19.2. The Labute approximate surface area is 203 Å². The molecular weight excluding hydrogens is 462 g/mol.